The van der Waals surface area contributed by atoms with Gasteiger partial charge in [-0.25, -0.2) is 14.8 Å². The molecule has 1 saturated carbocycles. The van der Waals surface area contributed by atoms with E-state index in [0.29, 0.717) is 30.9 Å². The smallest absolute Gasteiger partial charge is 0.315 e. The molecule has 0 atom stereocenters. The second-order valence-electron chi connectivity index (χ2n) is 10.8. The molecule has 0 radical (unpaired) electrons. The van der Waals surface area contributed by atoms with Crippen molar-refractivity contribution in [1.82, 2.24) is 25.2 Å². The van der Waals surface area contributed by atoms with Crippen molar-refractivity contribution in [3.8, 4) is 16.9 Å². The Balaban J connectivity index is 1.32. The molecule has 0 unspecified atom stereocenters. The molecule has 1 fully saturated rings. The Morgan fingerprint density at radius 2 is 1.89 bits per heavy atom. The van der Waals surface area contributed by atoms with Crippen LogP contribution in [-0.4, -0.2) is 32.6 Å². The van der Waals surface area contributed by atoms with E-state index >= 15 is 0 Å². The summed E-state index contributed by atoms with van der Waals surface area (Å²) in [4.78, 5) is 21.0. The van der Waals surface area contributed by atoms with E-state index in [1.165, 1.54) is 6.33 Å². The number of ether oxygens (including phenoxy) is 1. The van der Waals surface area contributed by atoms with Crippen LogP contribution in [0.25, 0.3) is 22.2 Å². The van der Waals surface area contributed by atoms with Crippen molar-refractivity contribution in [3.05, 3.63) is 72.7 Å². The summed E-state index contributed by atoms with van der Waals surface area (Å²) in [6.07, 6.45) is 5.57. The molecule has 4 N–H and O–H groups in total. The number of fused-ring (bicyclic) bond motifs is 1. The van der Waals surface area contributed by atoms with Gasteiger partial charge in [0.05, 0.1) is 5.39 Å². The molecule has 2 aromatic carbocycles. The van der Waals surface area contributed by atoms with Gasteiger partial charge in [-0.1, -0.05) is 42.5 Å². The van der Waals surface area contributed by atoms with Gasteiger partial charge in [0.25, 0.3) is 0 Å². The van der Waals surface area contributed by atoms with Crippen LogP contribution < -0.4 is 21.1 Å². The maximum absolute atomic E-state index is 12.1. The molecule has 1 aliphatic rings. The summed E-state index contributed by atoms with van der Waals surface area (Å²) in [6.45, 7) is 7.07. The van der Waals surface area contributed by atoms with E-state index in [-0.39, 0.29) is 11.6 Å². The van der Waals surface area contributed by atoms with Gasteiger partial charge in [-0.05, 0) is 62.8 Å². The molecule has 192 valence electrons. The highest BCUT2D eigenvalue weighted by molar-refractivity contribution is 6.00. The molecule has 2 heterocycles. The average Bonchev–Trinajstić information content (AvgIpc) is 3.22. The van der Waals surface area contributed by atoms with Crippen LogP contribution >= 0.6 is 0 Å². The Bertz CT molecular complexity index is 1390. The third kappa shape index (κ3) is 5.69. The lowest BCUT2D eigenvalue weighted by atomic mass is 9.80. The highest BCUT2D eigenvalue weighted by Gasteiger charge is 2.33. The number of nitrogens with two attached hydrogens (primary N) is 1. The molecule has 0 saturated heterocycles. The lowest BCUT2D eigenvalue weighted by molar-refractivity contribution is 0.190. The summed E-state index contributed by atoms with van der Waals surface area (Å²) >= 11 is 0. The van der Waals surface area contributed by atoms with Gasteiger partial charge in [-0.3, -0.25) is 0 Å². The quantitative estimate of drug-likeness (QED) is 0.320. The van der Waals surface area contributed by atoms with Crippen molar-refractivity contribution in [1.29, 1.82) is 0 Å². The normalized spacial score (nSPS) is 17.3. The van der Waals surface area contributed by atoms with Gasteiger partial charge in [0, 0.05) is 29.9 Å². The zero-order valence-electron chi connectivity index (χ0n) is 21.6. The molecule has 0 aliphatic heterocycles. The summed E-state index contributed by atoms with van der Waals surface area (Å²) in [5.41, 5.74) is 10.0. The fraction of sp³-hybridized carbons (Fsp3) is 0.345. The van der Waals surface area contributed by atoms with Crippen LogP contribution in [-0.2, 0) is 6.61 Å². The number of carbonyl (C=O) groups is 1. The van der Waals surface area contributed by atoms with E-state index in [2.05, 4.69) is 37.4 Å². The van der Waals surface area contributed by atoms with Gasteiger partial charge in [-0.15, -0.1) is 0 Å². The SMILES string of the molecule is CC(C)(C)NC(=O)NC[C@H]1C[C@H](n2cc(-c3cccc(OCc4ccccc4)c3)c3c(N)ncnc32)C1. The number of aromatic nitrogens is 3. The Labute approximate surface area is 217 Å². The van der Waals surface area contributed by atoms with Crippen LogP contribution in [0.5, 0.6) is 5.75 Å². The Kier molecular flexibility index (Phi) is 6.74. The van der Waals surface area contributed by atoms with Crippen molar-refractivity contribution in [2.24, 2.45) is 5.92 Å². The first-order chi connectivity index (χ1) is 17.8. The van der Waals surface area contributed by atoms with E-state index in [1.807, 2.05) is 69.3 Å². The van der Waals surface area contributed by atoms with E-state index in [1.54, 1.807) is 0 Å². The van der Waals surface area contributed by atoms with E-state index < -0.39 is 0 Å². The van der Waals surface area contributed by atoms with Crippen LogP contribution in [0.15, 0.2) is 67.1 Å². The van der Waals surface area contributed by atoms with Crippen molar-refractivity contribution < 1.29 is 9.53 Å². The largest absolute Gasteiger partial charge is 0.489 e. The summed E-state index contributed by atoms with van der Waals surface area (Å²) in [7, 11) is 0. The first kappa shape index (κ1) is 24.6. The number of anilines is 1. The number of urea groups is 1. The van der Waals surface area contributed by atoms with Crippen molar-refractivity contribution >= 4 is 22.9 Å². The molecule has 1 aliphatic carbocycles. The molecule has 4 aromatic rings. The third-order valence-corrected chi connectivity index (χ3v) is 6.68. The number of benzene rings is 2. The van der Waals surface area contributed by atoms with Crippen LogP contribution in [0.3, 0.4) is 0 Å². The summed E-state index contributed by atoms with van der Waals surface area (Å²) in [5, 5.41) is 6.80. The molecule has 2 aromatic heterocycles. The molecular weight excluding hydrogens is 464 g/mol. The molecule has 8 nitrogen and oxygen atoms in total. The first-order valence-corrected chi connectivity index (χ1v) is 12.7. The molecule has 37 heavy (non-hydrogen) atoms. The van der Waals surface area contributed by atoms with Crippen LogP contribution in [0, 0.1) is 5.92 Å². The Hall–Kier alpha value is -4.07. The van der Waals surface area contributed by atoms with E-state index in [0.717, 1.165) is 46.3 Å². The number of nitrogens with zero attached hydrogens (tertiary/aromatic N) is 3. The maximum Gasteiger partial charge on any atom is 0.315 e. The highest BCUT2D eigenvalue weighted by atomic mass is 16.5. The van der Waals surface area contributed by atoms with Crippen LogP contribution in [0.1, 0.15) is 45.2 Å². The standard InChI is InChI=1S/C29H34N6O2/c1-29(2,3)34-28(36)31-15-20-12-22(13-20)35-16-24(25-26(30)32-18-33-27(25)35)21-10-7-11-23(14-21)37-17-19-8-5-4-6-9-19/h4-11,14,16,18,20,22H,12-13,15,17H2,1-3H3,(H2,30,32,33)(H2,31,34,36)/t20-,22-. The van der Waals surface area contributed by atoms with Gasteiger partial charge in [0.1, 0.15) is 30.1 Å². The monoisotopic (exact) mass is 498 g/mol. The second-order valence-corrected chi connectivity index (χ2v) is 10.8. The first-order valence-electron chi connectivity index (χ1n) is 12.7. The number of hydrogen-bond acceptors (Lipinski definition) is 5. The molecular formula is C29H34N6O2. The van der Waals surface area contributed by atoms with Gasteiger partial charge in [0.15, 0.2) is 0 Å². The van der Waals surface area contributed by atoms with Gasteiger partial charge in [-0.2, -0.15) is 0 Å². The number of rotatable bonds is 7. The van der Waals surface area contributed by atoms with E-state index in [4.69, 9.17) is 10.5 Å². The predicted molar refractivity (Wildman–Crippen MR) is 146 cm³/mol. The number of carbonyl (C=O) groups excluding carboxylic acids is 1. The summed E-state index contributed by atoms with van der Waals surface area (Å²) < 4.78 is 8.28. The van der Waals surface area contributed by atoms with Crippen molar-refractivity contribution in [3.63, 3.8) is 0 Å². The van der Waals surface area contributed by atoms with Gasteiger partial charge < -0.3 is 25.7 Å². The topological polar surface area (TPSA) is 107 Å². The number of nitrogens with one attached hydrogen (secondary N) is 2. The number of nitrogen functional groups attached to an aromatic ring is 1. The van der Waals surface area contributed by atoms with Crippen molar-refractivity contribution in [2.75, 3.05) is 12.3 Å². The van der Waals surface area contributed by atoms with Crippen molar-refractivity contribution in [2.45, 2.75) is 51.8 Å². The second kappa shape index (κ2) is 10.1. The Morgan fingerprint density at radius 3 is 2.65 bits per heavy atom. The van der Waals surface area contributed by atoms with Gasteiger partial charge in [0.2, 0.25) is 0 Å². The average molecular weight is 499 g/mol. The minimum atomic E-state index is -0.254. The van der Waals surface area contributed by atoms with Crippen LogP contribution in [0.2, 0.25) is 0 Å². The minimum absolute atomic E-state index is 0.125. The summed E-state index contributed by atoms with van der Waals surface area (Å²) in [5.74, 6) is 1.68. The van der Waals surface area contributed by atoms with E-state index in [9.17, 15) is 4.79 Å². The zero-order chi connectivity index (χ0) is 26.0. The lowest BCUT2D eigenvalue weighted by Gasteiger charge is -2.37. The fourth-order valence-electron chi connectivity index (χ4n) is 4.82. The number of hydrogen-bond donors (Lipinski definition) is 3. The molecule has 2 amide bonds. The van der Waals surface area contributed by atoms with Crippen LogP contribution in [0.4, 0.5) is 10.6 Å². The Morgan fingerprint density at radius 1 is 1.11 bits per heavy atom. The molecule has 0 bridgehead atoms. The number of amides is 2. The molecule has 5 rings (SSSR count). The molecule has 0 spiro atoms. The molecule has 8 heteroatoms. The third-order valence-electron chi connectivity index (χ3n) is 6.68. The fourth-order valence-corrected chi connectivity index (χ4v) is 4.82. The maximum atomic E-state index is 12.1. The highest BCUT2D eigenvalue weighted by Crippen LogP contribution is 2.43. The minimum Gasteiger partial charge on any atom is -0.489 e. The lowest BCUT2D eigenvalue weighted by Crippen LogP contribution is -2.48. The van der Waals surface area contributed by atoms with Gasteiger partial charge >= 0.3 is 6.03 Å². The predicted octanol–water partition coefficient (Wildman–Crippen LogP) is 5.31. The zero-order valence-corrected chi connectivity index (χ0v) is 21.6. The summed E-state index contributed by atoms with van der Waals surface area (Å²) in [6, 6.07) is 18.3.